The molecule has 0 fully saturated rings. The van der Waals surface area contributed by atoms with Gasteiger partial charge in [0, 0.05) is 31.7 Å². The highest BCUT2D eigenvalue weighted by molar-refractivity contribution is 4.96. The molecule has 0 aliphatic carbocycles. The van der Waals surface area contributed by atoms with Crippen LogP contribution in [0.5, 0.6) is 0 Å². The van der Waals surface area contributed by atoms with E-state index in [1.165, 1.54) is 0 Å². The van der Waals surface area contributed by atoms with Crippen LogP contribution in [0.3, 0.4) is 0 Å². The van der Waals surface area contributed by atoms with E-state index in [4.69, 9.17) is 0 Å². The lowest BCUT2D eigenvalue weighted by Gasteiger charge is -2.05. The van der Waals surface area contributed by atoms with Crippen LogP contribution in [0.25, 0.3) is 0 Å². The van der Waals surface area contributed by atoms with E-state index in [1.807, 2.05) is 23.3 Å². The second kappa shape index (κ2) is 6.35. The van der Waals surface area contributed by atoms with E-state index in [9.17, 15) is 0 Å². The van der Waals surface area contributed by atoms with Crippen LogP contribution < -0.4 is 5.32 Å². The molecule has 2 heterocycles. The summed E-state index contributed by atoms with van der Waals surface area (Å²) < 4.78 is 4.03. The molecule has 1 N–H and O–H groups in total. The van der Waals surface area contributed by atoms with Crippen molar-refractivity contribution in [3.8, 4) is 0 Å². The molecule has 0 unspecified atom stereocenters. The van der Waals surface area contributed by atoms with Gasteiger partial charge in [-0.1, -0.05) is 13.8 Å². The van der Waals surface area contributed by atoms with E-state index in [2.05, 4.69) is 40.0 Å². The second-order valence-electron chi connectivity index (χ2n) is 4.90. The van der Waals surface area contributed by atoms with Crippen molar-refractivity contribution in [1.29, 1.82) is 0 Å². The quantitative estimate of drug-likeness (QED) is 0.807. The van der Waals surface area contributed by atoms with Crippen LogP contribution >= 0.6 is 0 Å². The summed E-state index contributed by atoms with van der Waals surface area (Å²) in [5, 5.41) is 7.57. The fraction of sp³-hybridized carbons (Fsp3) is 0.538. The number of hydrogen-bond acceptors (Lipinski definition) is 3. The van der Waals surface area contributed by atoms with Crippen LogP contribution in [0.2, 0.25) is 0 Å². The maximum Gasteiger partial charge on any atom is 0.0950 e. The molecule has 0 aliphatic rings. The van der Waals surface area contributed by atoms with Crippen molar-refractivity contribution in [2.24, 2.45) is 5.92 Å². The van der Waals surface area contributed by atoms with Crippen molar-refractivity contribution < 1.29 is 0 Å². The molecule has 0 amide bonds. The third-order valence-electron chi connectivity index (χ3n) is 2.69. The molecule has 98 valence electrons. The molecule has 0 saturated heterocycles. The number of aromatic nitrogens is 4. The molecule has 0 saturated carbocycles. The molecule has 0 spiro atoms. The largest absolute Gasteiger partial charge is 0.335 e. The molecule has 0 aromatic carbocycles. The van der Waals surface area contributed by atoms with Crippen molar-refractivity contribution in [1.82, 2.24) is 24.6 Å². The molecule has 5 heteroatoms. The zero-order valence-electron chi connectivity index (χ0n) is 11.1. The van der Waals surface area contributed by atoms with E-state index in [-0.39, 0.29) is 0 Å². The molecule has 2 aromatic heterocycles. The number of hydrogen-bond donors (Lipinski definition) is 1. The summed E-state index contributed by atoms with van der Waals surface area (Å²) >= 11 is 0. The SMILES string of the molecule is CC(C)CNCc1cn(CCn2cccn2)cn1. The molecular weight excluding hydrogens is 226 g/mol. The van der Waals surface area contributed by atoms with E-state index < -0.39 is 0 Å². The topological polar surface area (TPSA) is 47.7 Å². The van der Waals surface area contributed by atoms with Gasteiger partial charge in [-0.3, -0.25) is 4.68 Å². The number of aryl methyl sites for hydroxylation is 2. The normalized spacial score (nSPS) is 11.3. The summed E-state index contributed by atoms with van der Waals surface area (Å²) in [4.78, 5) is 4.38. The Morgan fingerprint density at radius 2 is 2.22 bits per heavy atom. The van der Waals surface area contributed by atoms with Gasteiger partial charge in [0.25, 0.3) is 0 Å². The summed E-state index contributed by atoms with van der Waals surface area (Å²) in [7, 11) is 0. The molecular formula is C13H21N5. The van der Waals surface area contributed by atoms with Crippen LogP contribution in [0.1, 0.15) is 19.5 Å². The number of rotatable bonds is 7. The lowest BCUT2D eigenvalue weighted by atomic mass is 10.2. The lowest BCUT2D eigenvalue weighted by Crippen LogP contribution is -2.19. The summed E-state index contributed by atoms with van der Waals surface area (Å²) in [5.74, 6) is 0.673. The summed E-state index contributed by atoms with van der Waals surface area (Å²) in [6.07, 6.45) is 7.75. The van der Waals surface area contributed by atoms with Crippen molar-refractivity contribution in [3.63, 3.8) is 0 Å². The van der Waals surface area contributed by atoms with Gasteiger partial charge in [-0.25, -0.2) is 4.98 Å². The Labute approximate surface area is 108 Å². The highest BCUT2D eigenvalue weighted by Gasteiger charge is 2.00. The van der Waals surface area contributed by atoms with Crippen molar-refractivity contribution in [2.75, 3.05) is 6.54 Å². The minimum Gasteiger partial charge on any atom is -0.335 e. The maximum absolute atomic E-state index is 4.38. The lowest BCUT2D eigenvalue weighted by molar-refractivity contribution is 0.531. The molecule has 0 aliphatic heterocycles. The van der Waals surface area contributed by atoms with Gasteiger partial charge in [-0.05, 0) is 18.5 Å². The van der Waals surface area contributed by atoms with Crippen molar-refractivity contribution in [3.05, 3.63) is 36.7 Å². The van der Waals surface area contributed by atoms with Crippen LogP contribution in [-0.2, 0) is 19.6 Å². The molecule has 18 heavy (non-hydrogen) atoms. The van der Waals surface area contributed by atoms with Gasteiger partial charge in [0.2, 0.25) is 0 Å². The van der Waals surface area contributed by atoms with Crippen LogP contribution in [0, 0.1) is 5.92 Å². The zero-order valence-corrected chi connectivity index (χ0v) is 11.1. The third-order valence-corrected chi connectivity index (χ3v) is 2.69. The molecule has 2 rings (SSSR count). The highest BCUT2D eigenvalue weighted by Crippen LogP contribution is 1.98. The second-order valence-corrected chi connectivity index (χ2v) is 4.90. The smallest absolute Gasteiger partial charge is 0.0950 e. The summed E-state index contributed by atoms with van der Waals surface area (Å²) in [6.45, 7) is 8.06. The number of nitrogens with one attached hydrogen (secondary N) is 1. The Morgan fingerprint density at radius 3 is 2.94 bits per heavy atom. The van der Waals surface area contributed by atoms with E-state index in [0.29, 0.717) is 5.92 Å². The average Bonchev–Trinajstić information content (AvgIpc) is 2.96. The van der Waals surface area contributed by atoms with E-state index >= 15 is 0 Å². The minimum atomic E-state index is 0.673. The van der Waals surface area contributed by atoms with E-state index in [0.717, 1.165) is 31.9 Å². The van der Waals surface area contributed by atoms with E-state index in [1.54, 1.807) is 6.20 Å². The predicted octanol–water partition coefficient (Wildman–Crippen LogP) is 1.53. The van der Waals surface area contributed by atoms with Gasteiger partial charge in [0.1, 0.15) is 0 Å². The van der Waals surface area contributed by atoms with Crippen LogP contribution in [0.4, 0.5) is 0 Å². The van der Waals surface area contributed by atoms with Crippen LogP contribution in [0.15, 0.2) is 31.0 Å². The highest BCUT2D eigenvalue weighted by atomic mass is 15.3. The van der Waals surface area contributed by atoms with Gasteiger partial charge < -0.3 is 9.88 Å². The molecule has 2 aromatic rings. The minimum absolute atomic E-state index is 0.673. The first-order chi connectivity index (χ1) is 8.74. The van der Waals surface area contributed by atoms with Gasteiger partial charge in [0.05, 0.1) is 18.6 Å². The average molecular weight is 247 g/mol. The van der Waals surface area contributed by atoms with Gasteiger partial charge >= 0.3 is 0 Å². The standard InChI is InChI=1S/C13H21N5/c1-12(2)8-14-9-13-10-17(11-15-13)6-7-18-5-3-4-16-18/h3-5,10-12,14H,6-9H2,1-2H3. The monoisotopic (exact) mass is 247 g/mol. The summed E-state index contributed by atoms with van der Waals surface area (Å²) in [5.41, 5.74) is 1.09. The van der Waals surface area contributed by atoms with Gasteiger partial charge in [0.15, 0.2) is 0 Å². The third kappa shape index (κ3) is 4.00. The first-order valence-electron chi connectivity index (χ1n) is 6.43. The Hall–Kier alpha value is -1.62. The number of imidazole rings is 1. The Kier molecular flexibility index (Phi) is 4.52. The number of nitrogens with zero attached hydrogens (tertiary/aromatic N) is 4. The fourth-order valence-electron chi connectivity index (χ4n) is 1.76. The Morgan fingerprint density at radius 1 is 1.33 bits per heavy atom. The Balaban J connectivity index is 1.75. The molecule has 0 bridgehead atoms. The van der Waals surface area contributed by atoms with Crippen molar-refractivity contribution in [2.45, 2.75) is 33.5 Å². The zero-order chi connectivity index (χ0) is 12.8. The van der Waals surface area contributed by atoms with Gasteiger partial charge in [-0.15, -0.1) is 0 Å². The predicted molar refractivity (Wildman–Crippen MR) is 71.0 cm³/mol. The molecule has 0 atom stereocenters. The Bertz CT molecular complexity index is 444. The van der Waals surface area contributed by atoms with Crippen LogP contribution in [-0.4, -0.2) is 25.9 Å². The first-order valence-corrected chi connectivity index (χ1v) is 6.43. The maximum atomic E-state index is 4.38. The summed E-state index contributed by atoms with van der Waals surface area (Å²) in [6, 6.07) is 1.94. The van der Waals surface area contributed by atoms with Gasteiger partial charge in [-0.2, -0.15) is 5.10 Å². The molecule has 0 radical (unpaired) electrons. The molecule has 5 nitrogen and oxygen atoms in total. The first kappa shape index (κ1) is 12.8. The fourth-order valence-corrected chi connectivity index (χ4v) is 1.76. The van der Waals surface area contributed by atoms with Crippen molar-refractivity contribution >= 4 is 0 Å².